The monoisotopic (exact) mass is 346 g/mol. The summed E-state index contributed by atoms with van der Waals surface area (Å²) in [7, 11) is 0. The lowest BCUT2D eigenvalue weighted by Crippen LogP contribution is -2.17. The van der Waals surface area contributed by atoms with Crippen LogP contribution in [0.3, 0.4) is 0 Å². The van der Waals surface area contributed by atoms with Gasteiger partial charge in [0.05, 0.1) is 18.3 Å². The molecule has 0 saturated carbocycles. The van der Waals surface area contributed by atoms with Crippen LogP contribution in [0.15, 0.2) is 28.9 Å². The number of benzene rings is 1. The van der Waals surface area contributed by atoms with E-state index in [2.05, 4.69) is 46.0 Å². The van der Waals surface area contributed by atoms with Crippen LogP contribution in [0.5, 0.6) is 5.75 Å². The third-order valence-corrected chi connectivity index (χ3v) is 4.33. The normalized spacial score (nSPS) is 14.7. The van der Waals surface area contributed by atoms with Crippen molar-refractivity contribution in [2.75, 3.05) is 6.61 Å². The van der Waals surface area contributed by atoms with Gasteiger partial charge in [-0.2, -0.15) is 0 Å². The Morgan fingerprint density at radius 3 is 2.90 bits per heavy atom. The molecule has 1 aromatic carbocycles. The molecule has 0 bridgehead atoms. The quantitative estimate of drug-likeness (QED) is 0.922. The van der Waals surface area contributed by atoms with Crippen molar-refractivity contribution in [3.05, 3.63) is 56.8 Å². The number of hydrogen-bond acceptors (Lipinski definition) is 3. The van der Waals surface area contributed by atoms with Crippen molar-refractivity contribution >= 4 is 15.9 Å². The fraction of sp³-hybridized carbons (Fsp3) is 0.353. The number of pyridine rings is 1. The van der Waals surface area contributed by atoms with Gasteiger partial charge in [0, 0.05) is 17.1 Å². The predicted molar refractivity (Wildman–Crippen MR) is 87.7 cm³/mol. The number of aryl methyl sites for hydroxylation is 2. The fourth-order valence-corrected chi connectivity index (χ4v) is 3.50. The number of halogens is 1. The first kappa shape index (κ1) is 14.5. The summed E-state index contributed by atoms with van der Waals surface area (Å²) in [5.74, 6) is 1.01. The van der Waals surface area contributed by atoms with Crippen molar-refractivity contribution in [3.63, 3.8) is 0 Å². The van der Waals surface area contributed by atoms with Gasteiger partial charge in [-0.15, -0.1) is 0 Å². The molecule has 0 radical (unpaired) electrons. The molecule has 1 aliphatic rings. The molecule has 4 heteroatoms. The molecule has 0 spiro atoms. The van der Waals surface area contributed by atoms with Gasteiger partial charge in [-0.3, -0.25) is 4.98 Å². The lowest BCUT2D eigenvalue weighted by molar-refractivity contribution is 0.352. The molecule has 1 aromatic heterocycles. The molecule has 0 aliphatic carbocycles. The number of aromatic nitrogens is 1. The van der Waals surface area contributed by atoms with E-state index in [9.17, 15) is 0 Å². The minimum absolute atomic E-state index is 0.117. The SMILES string of the molecule is Cc1cnc(C(N)Cc2cc(Br)cc3c2OCC3)c(C)c1. The number of rotatable bonds is 3. The van der Waals surface area contributed by atoms with E-state index in [-0.39, 0.29) is 6.04 Å². The fourth-order valence-electron chi connectivity index (χ4n) is 2.95. The standard InChI is InChI=1S/C17H19BrN2O/c1-10-5-11(2)16(20-9-10)15(19)8-13-7-14(18)6-12-3-4-21-17(12)13/h5-7,9,15H,3-4,8,19H2,1-2H3. The third kappa shape index (κ3) is 2.97. The van der Waals surface area contributed by atoms with Crippen LogP contribution in [0.25, 0.3) is 0 Å². The molecule has 1 aliphatic heterocycles. The molecule has 110 valence electrons. The van der Waals surface area contributed by atoms with Crippen LogP contribution >= 0.6 is 15.9 Å². The van der Waals surface area contributed by atoms with Crippen molar-refractivity contribution in [2.24, 2.45) is 5.73 Å². The Morgan fingerprint density at radius 2 is 2.14 bits per heavy atom. The highest BCUT2D eigenvalue weighted by atomic mass is 79.9. The van der Waals surface area contributed by atoms with Crippen LogP contribution in [0, 0.1) is 13.8 Å². The lowest BCUT2D eigenvalue weighted by atomic mass is 9.98. The van der Waals surface area contributed by atoms with Crippen molar-refractivity contribution in [3.8, 4) is 5.75 Å². The molecular formula is C17H19BrN2O. The largest absolute Gasteiger partial charge is 0.493 e. The highest BCUT2D eigenvalue weighted by molar-refractivity contribution is 9.10. The molecule has 2 heterocycles. The van der Waals surface area contributed by atoms with Gasteiger partial charge in [-0.25, -0.2) is 0 Å². The molecule has 2 aromatic rings. The van der Waals surface area contributed by atoms with Crippen LogP contribution < -0.4 is 10.5 Å². The molecule has 1 unspecified atom stereocenters. The minimum atomic E-state index is -0.117. The minimum Gasteiger partial charge on any atom is -0.493 e. The van der Waals surface area contributed by atoms with Gasteiger partial charge >= 0.3 is 0 Å². The Morgan fingerprint density at radius 1 is 1.33 bits per heavy atom. The Kier molecular flexibility index (Phi) is 4.00. The highest BCUT2D eigenvalue weighted by Crippen LogP contribution is 2.35. The lowest BCUT2D eigenvalue weighted by Gasteiger charge is -2.16. The first-order valence-electron chi connectivity index (χ1n) is 7.17. The van der Waals surface area contributed by atoms with E-state index in [0.717, 1.165) is 52.1 Å². The van der Waals surface area contributed by atoms with Gasteiger partial charge in [0.25, 0.3) is 0 Å². The summed E-state index contributed by atoms with van der Waals surface area (Å²) in [5, 5.41) is 0. The zero-order chi connectivity index (χ0) is 15.0. The average molecular weight is 347 g/mol. The van der Waals surface area contributed by atoms with Crippen LogP contribution in [0.4, 0.5) is 0 Å². The summed E-state index contributed by atoms with van der Waals surface area (Å²) in [6, 6.07) is 6.25. The van der Waals surface area contributed by atoms with E-state index in [4.69, 9.17) is 10.5 Å². The van der Waals surface area contributed by atoms with Gasteiger partial charge in [-0.05, 0) is 54.7 Å². The van der Waals surface area contributed by atoms with Crippen LogP contribution in [-0.2, 0) is 12.8 Å². The Balaban J connectivity index is 1.90. The van der Waals surface area contributed by atoms with E-state index in [0.29, 0.717) is 0 Å². The van der Waals surface area contributed by atoms with Crippen LogP contribution in [-0.4, -0.2) is 11.6 Å². The molecular weight excluding hydrogens is 328 g/mol. The first-order chi connectivity index (χ1) is 10.0. The summed E-state index contributed by atoms with van der Waals surface area (Å²) >= 11 is 3.57. The van der Waals surface area contributed by atoms with E-state index in [1.54, 1.807) is 0 Å². The second-order valence-electron chi connectivity index (χ2n) is 5.68. The maximum atomic E-state index is 6.39. The zero-order valence-electron chi connectivity index (χ0n) is 12.3. The molecule has 0 saturated heterocycles. The highest BCUT2D eigenvalue weighted by Gasteiger charge is 2.20. The van der Waals surface area contributed by atoms with E-state index < -0.39 is 0 Å². The number of nitrogens with two attached hydrogens (primary N) is 1. The maximum Gasteiger partial charge on any atom is 0.125 e. The summed E-state index contributed by atoms with van der Waals surface area (Å²) in [6.07, 6.45) is 3.58. The molecule has 0 fully saturated rings. The first-order valence-corrected chi connectivity index (χ1v) is 7.96. The molecule has 0 amide bonds. The van der Waals surface area contributed by atoms with Gasteiger partial charge in [0.2, 0.25) is 0 Å². The topological polar surface area (TPSA) is 48.1 Å². The van der Waals surface area contributed by atoms with Crippen LogP contribution in [0.1, 0.15) is 34.0 Å². The number of fused-ring (bicyclic) bond motifs is 1. The second-order valence-corrected chi connectivity index (χ2v) is 6.59. The number of ether oxygens (including phenoxy) is 1. The zero-order valence-corrected chi connectivity index (χ0v) is 13.9. The molecule has 2 N–H and O–H groups in total. The van der Waals surface area contributed by atoms with Gasteiger partial charge in [0.1, 0.15) is 5.75 Å². The average Bonchev–Trinajstić information content (AvgIpc) is 2.86. The predicted octanol–water partition coefficient (Wildman–Crippen LogP) is 3.64. The molecule has 21 heavy (non-hydrogen) atoms. The Bertz CT molecular complexity index is 685. The van der Waals surface area contributed by atoms with Crippen molar-refractivity contribution < 1.29 is 4.74 Å². The van der Waals surface area contributed by atoms with Crippen molar-refractivity contribution in [2.45, 2.75) is 32.7 Å². The van der Waals surface area contributed by atoms with Crippen LogP contribution in [0.2, 0.25) is 0 Å². The van der Waals surface area contributed by atoms with Crippen molar-refractivity contribution in [1.82, 2.24) is 4.98 Å². The second kappa shape index (κ2) is 5.78. The van der Waals surface area contributed by atoms with Gasteiger partial charge in [0.15, 0.2) is 0 Å². The van der Waals surface area contributed by atoms with Gasteiger partial charge < -0.3 is 10.5 Å². The smallest absolute Gasteiger partial charge is 0.125 e. The van der Waals surface area contributed by atoms with Gasteiger partial charge in [-0.1, -0.05) is 22.0 Å². The molecule has 3 nitrogen and oxygen atoms in total. The van der Waals surface area contributed by atoms with Crippen molar-refractivity contribution in [1.29, 1.82) is 0 Å². The number of hydrogen-bond donors (Lipinski definition) is 1. The number of nitrogens with zero attached hydrogens (tertiary/aromatic N) is 1. The Hall–Kier alpha value is -1.39. The summed E-state index contributed by atoms with van der Waals surface area (Å²) in [4.78, 5) is 4.51. The Labute approximate surface area is 133 Å². The van der Waals surface area contributed by atoms with E-state index in [1.165, 1.54) is 5.56 Å². The summed E-state index contributed by atoms with van der Waals surface area (Å²) in [6.45, 7) is 4.87. The molecule has 1 atom stereocenters. The summed E-state index contributed by atoms with van der Waals surface area (Å²) in [5.41, 5.74) is 12.1. The van der Waals surface area contributed by atoms with E-state index in [1.807, 2.05) is 13.1 Å². The summed E-state index contributed by atoms with van der Waals surface area (Å²) < 4.78 is 6.86. The maximum absolute atomic E-state index is 6.39. The third-order valence-electron chi connectivity index (χ3n) is 3.87. The van der Waals surface area contributed by atoms with E-state index >= 15 is 0 Å². The molecule has 3 rings (SSSR count).